The number of aliphatic hydroxyl groups is 1. The molecule has 0 bridgehead atoms. The van der Waals surface area contributed by atoms with E-state index >= 15 is 0 Å². The molecule has 9 nitrogen and oxygen atoms in total. The van der Waals surface area contributed by atoms with Gasteiger partial charge in [0.25, 0.3) is 5.91 Å². The highest BCUT2D eigenvalue weighted by Gasteiger charge is 2.15. The van der Waals surface area contributed by atoms with E-state index in [-0.39, 0.29) is 18.0 Å². The van der Waals surface area contributed by atoms with Gasteiger partial charge in [0, 0.05) is 41.3 Å². The molecule has 3 rings (SSSR count). The minimum atomic E-state index is -0.696. The molecule has 0 fully saturated rings. The number of hydrogen-bond donors (Lipinski definition) is 5. The van der Waals surface area contributed by atoms with E-state index in [1.807, 2.05) is 37.3 Å². The Bertz CT molecular complexity index is 1320. The summed E-state index contributed by atoms with van der Waals surface area (Å²) in [6.07, 6.45) is 3.75. The summed E-state index contributed by atoms with van der Waals surface area (Å²) < 4.78 is 0. The van der Waals surface area contributed by atoms with Crippen LogP contribution >= 0.6 is 11.6 Å². The van der Waals surface area contributed by atoms with Gasteiger partial charge in [-0.15, -0.1) is 0 Å². The second kappa shape index (κ2) is 13.2. The maximum absolute atomic E-state index is 12.6. The van der Waals surface area contributed by atoms with Crippen LogP contribution in [-0.2, 0) is 11.3 Å². The SMILES string of the molecule is Cc1cccc(N/C(=C\C(N)=NCc2ccc(Cl)cc2)c2ccnc(C(=CN)C(=O)NCC(C)O)c2)n1. The minimum absolute atomic E-state index is 0.0855. The molecule has 1 amide bonds. The molecule has 7 N–H and O–H groups in total. The van der Waals surface area contributed by atoms with Gasteiger partial charge in [0.15, 0.2) is 0 Å². The average molecular weight is 520 g/mol. The quantitative estimate of drug-likeness (QED) is 0.157. The number of pyridine rings is 2. The van der Waals surface area contributed by atoms with E-state index in [2.05, 4.69) is 25.6 Å². The van der Waals surface area contributed by atoms with Crippen LogP contribution in [0, 0.1) is 6.92 Å². The molecule has 37 heavy (non-hydrogen) atoms. The lowest BCUT2D eigenvalue weighted by molar-refractivity contribution is -0.116. The molecule has 2 heterocycles. The highest BCUT2D eigenvalue weighted by Crippen LogP contribution is 2.21. The molecule has 3 aromatic rings. The number of halogens is 1. The normalized spacial score (nSPS) is 13.2. The number of aliphatic imine (C=N–C) groups is 1. The van der Waals surface area contributed by atoms with Gasteiger partial charge < -0.3 is 27.2 Å². The van der Waals surface area contributed by atoms with Crippen molar-refractivity contribution in [1.29, 1.82) is 0 Å². The largest absolute Gasteiger partial charge is 0.404 e. The lowest BCUT2D eigenvalue weighted by Gasteiger charge is -2.14. The zero-order valence-electron chi connectivity index (χ0n) is 20.6. The van der Waals surface area contributed by atoms with Gasteiger partial charge >= 0.3 is 0 Å². The van der Waals surface area contributed by atoms with Crippen LogP contribution in [0.5, 0.6) is 0 Å². The van der Waals surface area contributed by atoms with Gasteiger partial charge in [-0.3, -0.25) is 14.8 Å². The zero-order chi connectivity index (χ0) is 26.8. The van der Waals surface area contributed by atoms with Crippen molar-refractivity contribution in [2.45, 2.75) is 26.5 Å². The number of aryl methyl sites for hydroxylation is 1. The number of nitrogens with one attached hydrogen (secondary N) is 2. The summed E-state index contributed by atoms with van der Waals surface area (Å²) in [6, 6.07) is 16.5. The van der Waals surface area contributed by atoms with Gasteiger partial charge in [-0.25, -0.2) is 4.98 Å². The van der Waals surface area contributed by atoms with Crippen LogP contribution in [0.3, 0.4) is 0 Å². The van der Waals surface area contributed by atoms with Crippen molar-refractivity contribution >= 4 is 40.4 Å². The average Bonchev–Trinajstić information content (AvgIpc) is 2.87. The first-order valence-electron chi connectivity index (χ1n) is 11.6. The van der Waals surface area contributed by atoms with Gasteiger partial charge in [0.05, 0.1) is 29.6 Å². The number of nitrogens with zero attached hydrogens (tertiary/aromatic N) is 3. The summed E-state index contributed by atoms with van der Waals surface area (Å²) in [5.41, 5.74) is 15.6. The number of nitrogens with two attached hydrogens (primary N) is 2. The van der Waals surface area contributed by atoms with E-state index < -0.39 is 12.0 Å². The van der Waals surface area contributed by atoms with E-state index in [0.29, 0.717) is 34.3 Å². The van der Waals surface area contributed by atoms with Gasteiger partial charge in [0.1, 0.15) is 11.7 Å². The van der Waals surface area contributed by atoms with Crippen LogP contribution in [-0.4, -0.2) is 39.5 Å². The van der Waals surface area contributed by atoms with Gasteiger partial charge in [-0.2, -0.15) is 0 Å². The van der Waals surface area contributed by atoms with Crippen LogP contribution in [0.1, 0.15) is 29.4 Å². The summed E-state index contributed by atoms with van der Waals surface area (Å²) in [5.74, 6) is 0.447. The van der Waals surface area contributed by atoms with E-state index in [0.717, 1.165) is 11.3 Å². The molecule has 0 spiro atoms. The molecule has 0 aliphatic heterocycles. The first kappa shape index (κ1) is 27.4. The second-order valence-electron chi connectivity index (χ2n) is 8.28. The lowest BCUT2D eigenvalue weighted by atomic mass is 10.1. The van der Waals surface area contributed by atoms with Crippen LogP contribution in [0.2, 0.25) is 5.02 Å². The molecule has 0 saturated carbocycles. The fraction of sp³-hybridized carbons (Fsp3) is 0.185. The van der Waals surface area contributed by atoms with Crippen molar-refractivity contribution in [3.63, 3.8) is 0 Å². The maximum atomic E-state index is 12.6. The Morgan fingerprint density at radius 2 is 1.97 bits per heavy atom. The third-order valence-corrected chi connectivity index (χ3v) is 5.37. The molecule has 2 aromatic heterocycles. The molecule has 10 heteroatoms. The first-order chi connectivity index (χ1) is 17.7. The Balaban J connectivity index is 1.95. The summed E-state index contributed by atoms with van der Waals surface area (Å²) in [5, 5.41) is 16.0. The molecule has 0 radical (unpaired) electrons. The lowest BCUT2D eigenvalue weighted by Crippen LogP contribution is -2.31. The fourth-order valence-corrected chi connectivity index (χ4v) is 3.39. The van der Waals surface area contributed by atoms with Crippen LogP contribution in [0.4, 0.5) is 5.82 Å². The Kier molecular flexibility index (Phi) is 9.76. The Morgan fingerprint density at radius 1 is 1.22 bits per heavy atom. The Labute approximate surface area is 221 Å². The van der Waals surface area contributed by atoms with E-state index in [9.17, 15) is 9.90 Å². The van der Waals surface area contributed by atoms with Crippen LogP contribution in [0.15, 0.2) is 78.1 Å². The maximum Gasteiger partial charge on any atom is 0.255 e. The smallest absolute Gasteiger partial charge is 0.255 e. The first-order valence-corrected chi connectivity index (χ1v) is 11.9. The number of amides is 1. The molecule has 1 aromatic carbocycles. The Morgan fingerprint density at radius 3 is 2.65 bits per heavy atom. The molecule has 0 aliphatic carbocycles. The van der Waals surface area contributed by atoms with Crippen molar-refractivity contribution < 1.29 is 9.90 Å². The molecule has 192 valence electrons. The van der Waals surface area contributed by atoms with E-state index in [4.69, 9.17) is 23.1 Å². The molecule has 1 atom stereocenters. The number of benzene rings is 1. The number of anilines is 1. The highest BCUT2D eigenvalue weighted by molar-refractivity contribution is 6.30. The topological polar surface area (TPSA) is 152 Å². The number of carbonyl (C=O) groups excluding carboxylic acids is 1. The van der Waals surface area contributed by atoms with Crippen molar-refractivity contribution in [2.24, 2.45) is 16.5 Å². The number of aromatic nitrogens is 2. The summed E-state index contributed by atoms with van der Waals surface area (Å²) in [6.45, 7) is 3.93. The van der Waals surface area contributed by atoms with Crippen LogP contribution in [0.25, 0.3) is 11.3 Å². The van der Waals surface area contributed by atoms with Gasteiger partial charge in [-0.1, -0.05) is 29.8 Å². The molecule has 0 saturated heterocycles. The van der Waals surface area contributed by atoms with Crippen molar-refractivity contribution in [2.75, 3.05) is 11.9 Å². The summed E-state index contributed by atoms with van der Waals surface area (Å²) >= 11 is 5.96. The Hall–Kier alpha value is -4.21. The summed E-state index contributed by atoms with van der Waals surface area (Å²) in [7, 11) is 0. The summed E-state index contributed by atoms with van der Waals surface area (Å²) in [4.78, 5) is 25.9. The number of carbonyl (C=O) groups is 1. The van der Waals surface area contributed by atoms with Crippen LogP contribution < -0.4 is 22.1 Å². The molecule has 1 unspecified atom stereocenters. The molecular weight excluding hydrogens is 490 g/mol. The predicted octanol–water partition coefficient (Wildman–Crippen LogP) is 3.25. The van der Waals surface area contributed by atoms with E-state index in [1.165, 1.54) is 6.20 Å². The zero-order valence-corrected chi connectivity index (χ0v) is 21.4. The van der Waals surface area contributed by atoms with Crippen molar-refractivity contribution in [3.8, 4) is 0 Å². The van der Waals surface area contributed by atoms with Gasteiger partial charge in [-0.05, 0) is 55.8 Å². The van der Waals surface area contributed by atoms with Crippen molar-refractivity contribution in [3.05, 3.63) is 101 Å². The standard InChI is InChI=1S/C27H30ClN7O2/c1-17-4-3-5-26(34-17)35-23(13-25(30)32-16-19-6-8-21(28)9-7-19)20-10-11-31-24(12-20)22(14-29)27(37)33-15-18(2)36/h3-14,18,36H,15-16,29H2,1-2H3,(H2,30,32)(H,33,37)(H,34,35)/b22-14?,23-13-. The second-order valence-corrected chi connectivity index (χ2v) is 8.72. The fourth-order valence-electron chi connectivity index (χ4n) is 3.27. The predicted molar refractivity (Wildman–Crippen MR) is 148 cm³/mol. The van der Waals surface area contributed by atoms with Crippen molar-refractivity contribution in [1.82, 2.24) is 15.3 Å². The number of hydrogen-bond acceptors (Lipinski definition) is 7. The minimum Gasteiger partial charge on any atom is -0.404 e. The number of rotatable bonds is 10. The number of aliphatic hydroxyl groups excluding tert-OH is 1. The number of amidine groups is 1. The third-order valence-electron chi connectivity index (χ3n) is 5.12. The van der Waals surface area contributed by atoms with Gasteiger partial charge in [0.2, 0.25) is 0 Å². The monoisotopic (exact) mass is 519 g/mol. The van der Waals surface area contributed by atoms with E-state index in [1.54, 1.807) is 43.5 Å². The highest BCUT2D eigenvalue weighted by atomic mass is 35.5. The molecule has 0 aliphatic rings. The molecular formula is C27H30ClN7O2. The third kappa shape index (κ3) is 8.45.